The first kappa shape index (κ1) is 23.4. The smallest absolute Gasteiger partial charge is 0.251 e. The molecule has 7 nitrogen and oxygen atoms in total. The second-order valence-electron chi connectivity index (χ2n) is 8.90. The summed E-state index contributed by atoms with van der Waals surface area (Å²) in [6.45, 7) is 3.98. The van der Waals surface area contributed by atoms with Gasteiger partial charge in [-0.05, 0) is 62.8 Å². The summed E-state index contributed by atoms with van der Waals surface area (Å²) in [4.78, 5) is 28.3. The van der Waals surface area contributed by atoms with E-state index in [9.17, 15) is 18.0 Å². The summed E-state index contributed by atoms with van der Waals surface area (Å²) in [5.74, 6) is -0.449. The van der Waals surface area contributed by atoms with E-state index in [2.05, 4.69) is 5.32 Å². The maximum absolute atomic E-state index is 13.3. The lowest BCUT2D eigenvalue weighted by atomic mass is 9.89. The zero-order valence-electron chi connectivity index (χ0n) is 18.9. The third-order valence-electron chi connectivity index (χ3n) is 6.64. The topological polar surface area (TPSA) is 86.8 Å². The molecule has 2 aliphatic heterocycles. The molecule has 0 aliphatic carbocycles. The van der Waals surface area contributed by atoms with Gasteiger partial charge in [0.25, 0.3) is 5.91 Å². The summed E-state index contributed by atoms with van der Waals surface area (Å²) in [5, 5.41) is 2.97. The number of sulfonamides is 1. The van der Waals surface area contributed by atoms with Crippen LogP contribution in [0.5, 0.6) is 0 Å². The van der Waals surface area contributed by atoms with Crippen molar-refractivity contribution in [2.24, 2.45) is 5.92 Å². The van der Waals surface area contributed by atoms with Crippen LogP contribution in [0.4, 0.5) is 0 Å². The normalized spacial score (nSPS) is 18.8. The molecule has 1 unspecified atom stereocenters. The van der Waals surface area contributed by atoms with Gasteiger partial charge < -0.3 is 10.2 Å². The molecule has 0 radical (unpaired) electrons. The van der Waals surface area contributed by atoms with Crippen LogP contribution < -0.4 is 5.32 Å². The van der Waals surface area contributed by atoms with Crippen LogP contribution in [0.3, 0.4) is 0 Å². The van der Waals surface area contributed by atoms with E-state index in [0.29, 0.717) is 44.6 Å². The second kappa shape index (κ2) is 10.1. The van der Waals surface area contributed by atoms with E-state index in [4.69, 9.17) is 0 Å². The highest BCUT2D eigenvalue weighted by Gasteiger charge is 2.38. The van der Waals surface area contributed by atoms with Crippen LogP contribution in [0, 0.1) is 12.8 Å². The average Bonchev–Trinajstić information content (AvgIpc) is 3.38. The van der Waals surface area contributed by atoms with Crippen molar-refractivity contribution in [1.29, 1.82) is 0 Å². The Bertz CT molecular complexity index is 1070. The summed E-state index contributed by atoms with van der Waals surface area (Å²) in [7, 11) is -3.58. The van der Waals surface area contributed by atoms with Gasteiger partial charge in [-0.1, -0.05) is 35.9 Å². The Kier molecular flexibility index (Phi) is 7.14. The molecule has 2 aromatic carbocycles. The first-order valence-electron chi connectivity index (χ1n) is 11.6. The summed E-state index contributed by atoms with van der Waals surface area (Å²) in [6, 6.07) is 15.1. The quantitative estimate of drug-likeness (QED) is 0.705. The third kappa shape index (κ3) is 5.28. The maximum Gasteiger partial charge on any atom is 0.251 e. The number of nitrogens with zero attached hydrogens (tertiary/aromatic N) is 2. The number of aryl methyl sites for hydroxylation is 1. The number of benzene rings is 2. The fraction of sp³-hybridized carbons (Fsp3) is 0.440. The van der Waals surface area contributed by atoms with Crippen molar-refractivity contribution in [3.05, 3.63) is 65.7 Å². The van der Waals surface area contributed by atoms with Gasteiger partial charge in [0, 0.05) is 31.7 Å². The lowest BCUT2D eigenvalue weighted by Gasteiger charge is -2.36. The molecule has 1 N–H and O–H groups in total. The van der Waals surface area contributed by atoms with Gasteiger partial charge in [0.15, 0.2) is 0 Å². The van der Waals surface area contributed by atoms with Gasteiger partial charge in [-0.3, -0.25) is 9.59 Å². The first-order valence-corrected chi connectivity index (χ1v) is 13.0. The molecule has 2 saturated heterocycles. The van der Waals surface area contributed by atoms with Crippen LogP contribution in [0.15, 0.2) is 59.5 Å². The summed E-state index contributed by atoms with van der Waals surface area (Å²) in [5.41, 5.74) is 1.51. The second-order valence-corrected chi connectivity index (χ2v) is 10.8. The Morgan fingerprint density at radius 2 is 1.52 bits per heavy atom. The molecule has 2 heterocycles. The van der Waals surface area contributed by atoms with E-state index in [-0.39, 0.29) is 22.6 Å². The Balaban J connectivity index is 1.48. The molecule has 2 aliphatic rings. The number of nitrogens with one attached hydrogen (secondary N) is 1. The van der Waals surface area contributed by atoms with Crippen LogP contribution in [-0.4, -0.2) is 61.7 Å². The number of rotatable bonds is 6. The van der Waals surface area contributed by atoms with E-state index < -0.39 is 16.1 Å². The lowest BCUT2D eigenvalue weighted by molar-refractivity contribution is -0.133. The van der Waals surface area contributed by atoms with E-state index in [1.807, 2.05) is 17.9 Å². The predicted octanol–water partition coefficient (Wildman–Crippen LogP) is 2.82. The minimum absolute atomic E-state index is 0.0587. The zero-order chi connectivity index (χ0) is 23.4. The van der Waals surface area contributed by atoms with Crippen LogP contribution in [0.2, 0.25) is 0 Å². The maximum atomic E-state index is 13.3. The number of likely N-dealkylation sites (tertiary alicyclic amines) is 1. The Morgan fingerprint density at radius 1 is 0.909 bits per heavy atom. The molecule has 33 heavy (non-hydrogen) atoms. The molecule has 0 aromatic heterocycles. The largest absolute Gasteiger partial charge is 0.341 e. The Labute approximate surface area is 195 Å². The molecule has 0 bridgehead atoms. The summed E-state index contributed by atoms with van der Waals surface area (Å²) < 4.78 is 27.6. The van der Waals surface area contributed by atoms with Gasteiger partial charge in [0.1, 0.15) is 6.04 Å². The number of hydrogen-bond acceptors (Lipinski definition) is 4. The van der Waals surface area contributed by atoms with Gasteiger partial charge in [-0.25, -0.2) is 8.42 Å². The van der Waals surface area contributed by atoms with Crippen molar-refractivity contribution in [3.8, 4) is 0 Å². The SMILES string of the molecule is Cc1ccc(S(=O)(=O)N2CCC(C(NC(=O)c3ccccc3)C(=O)N3CCCC3)CC2)cc1. The molecule has 4 rings (SSSR count). The average molecular weight is 470 g/mol. The molecule has 0 saturated carbocycles. The standard InChI is InChI=1S/C25H31N3O4S/c1-19-9-11-22(12-10-19)33(31,32)28-17-13-20(14-18-28)23(25(30)27-15-5-6-16-27)26-24(29)21-7-3-2-4-8-21/h2-4,7-12,20,23H,5-6,13-18H2,1H3,(H,26,29). The highest BCUT2D eigenvalue weighted by atomic mass is 32.2. The van der Waals surface area contributed by atoms with Gasteiger partial charge in [0.2, 0.25) is 15.9 Å². The first-order chi connectivity index (χ1) is 15.9. The minimum atomic E-state index is -3.58. The molecule has 176 valence electrons. The molecule has 2 fully saturated rings. The van der Waals surface area contributed by atoms with E-state index in [1.165, 1.54) is 4.31 Å². The number of piperidine rings is 1. The highest BCUT2D eigenvalue weighted by molar-refractivity contribution is 7.89. The van der Waals surface area contributed by atoms with Crippen molar-refractivity contribution in [3.63, 3.8) is 0 Å². The molecule has 8 heteroatoms. The lowest BCUT2D eigenvalue weighted by Crippen LogP contribution is -2.54. The summed E-state index contributed by atoms with van der Waals surface area (Å²) in [6.07, 6.45) is 2.98. The molecule has 0 spiro atoms. The van der Waals surface area contributed by atoms with Crippen LogP contribution in [0.25, 0.3) is 0 Å². The van der Waals surface area contributed by atoms with Crippen molar-refractivity contribution in [1.82, 2.24) is 14.5 Å². The number of carbonyl (C=O) groups excluding carboxylic acids is 2. The van der Waals surface area contributed by atoms with E-state index >= 15 is 0 Å². The van der Waals surface area contributed by atoms with Gasteiger partial charge >= 0.3 is 0 Å². The van der Waals surface area contributed by atoms with Crippen molar-refractivity contribution in [2.45, 2.75) is 43.5 Å². The van der Waals surface area contributed by atoms with Crippen LogP contribution in [-0.2, 0) is 14.8 Å². The van der Waals surface area contributed by atoms with E-state index in [1.54, 1.807) is 48.5 Å². The monoisotopic (exact) mass is 469 g/mol. The molecule has 2 amide bonds. The summed E-state index contributed by atoms with van der Waals surface area (Å²) >= 11 is 0. The number of carbonyl (C=O) groups is 2. The van der Waals surface area contributed by atoms with E-state index in [0.717, 1.165) is 18.4 Å². The molecule has 2 aromatic rings. The van der Waals surface area contributed by atoms with Crippen molar-refractivity contribution >= 4 is 21.8 Å². The molecular weight excluding hydrogens is 438 g/mol. The molecular formula is C25H31N3O4S. The van der Waals surface area contributed by atoms with Crippen molar-refractivity contribution < 1.29 is 18.0 Å². The van der Waals surface area contributed by atoms with Gasteiger partial charge in [0.05, 0.1) is 4.90 Å². The van der Waals surface area contributed by atoms with Gasteiger partial charge in [-0.15, -0.1) is 0 Å². The minimum Gasteiger partial charge on any atom is -0.341 e. The number of hydrogen-bond donors (Lipinski definition) is 1. The van der Waals surface area contributed by atoms with Crippen LogP contribution in [0.1, 0.15) is 41.6 Å². The fourth-order valence-electron chi connectivity index (χ4n) is 4.64. The number of amides is 2. The van der Waals surface area contributed by atoms with Gasteiger partial charge in [-0.2, -0.15) is 4.31 Å². The van der Waals surface area contributed by atoms with Crippen LogP contribution >= 0.6 is 0 Å². The fourth-order valence-corrected chi connectivity index (χ4v) is 6.11. The highest BCUT2D eigenvalue weighted by Crippen LogP contribution is 2.27. The zero-order valence-corrected chi connectivity index (χ0v) is 19.8. The third-order valence-corrected chi connectivity index (χ3v) is 8.55. The van der Waals surface area contributed by atoms with Crippen molar-refractivity contribution in [2.75, 3.05) is 26.2 Å². The Morgan fingerprint density at radius 3 is 2.12 bits per heavy atom. The Hall–Kier alpha value is -2.71. The predicted molar refractivity (Wildman–Crippen MR) is 126 cm³/mol. The molecule has 1 atom stereocenters.